The molecule has 1 N–H and O–H groups in total. The van der Waals surface area contributed by atoms with Crippen molar-refractivity contribution in [3.63, 3.8) is 0 Å². The normalized spacial score (nSPS) is 16.3. The minimum absolute atomic E-state index is 0.0294. The van der Waals surface area contributed by atoms with E-state index in [-0.39, 0.29) is 5.91 Å². The zero-order valence-electron chi connectivity index (χ0n) is 11.6. The van der Waals surface area contributed by atoms with E-state index in [1.807, 2.05) is 26.0 Å². The third-order valence-electron chi connectivity index (χ3n) is 3.39. The summed E-state index contributed by atoms with van der Waals surface area (Å²) in [7, 11) is 0. The van der Waals surface area contributed by atoms with Gasteiger partial charge in [0, 0.05) is 24.5 Å². The second-order valence-electron chi connectivity index (χ2n) is 5.52. The maximum atomic E-state index is 11.9. The van der Waals surface area contributed by atoms with Gasteiger partial charge in [0.15, 0.2) is 0 Å². The fourth-order valence-electron chi connectivity index (χ4n) is 2.19. The Morgan fingerprint density at radius 3 is 2.26 bits per heavy atom. The second kappa shape index (κ2) is 5.95. The number of alkyl halides is 1. The van der Waals surface area contributed by atoms with Gasteiger partial charge in [0.2, 0.25) is 5.91 Å². The lowest BCUT2D eigenvalue weighted by Crippen LogP contribution is -2.31. The molecule has 1 fully saturated rings. The van der Waals surface area contributed by atoms with E-state index in [0.717, 1.165) is 18.8 Å². The number of amides is 1. The predicted molar refractivity (Wildman–Crippen MR) is 84.1 cm³/mol. The number of benzene rings is 1. The lowest BCUT2D eigenvalue weighted by Gasteiger charge is -2.29. The van der Waals surface area contributed by atoms with Crippen molar-refractivity contribution in [2.24, 2.45) is 0 Å². The highest BCUT2D eigenvalue weighted by molar-refractivity contribution is 9.10. The molecule has 0 saturated carbocycles. The van der Waals surface area contributed by atoms with Crippen molar-refractivity contribution in [1.29, 1.82) is 0 Å². The molecule has 1 aromatic carbocycles. The Labute approximate surface area is 123 Å². The van der Waals surface area contributed by atoms with Crippen LogP contribution in [0.2, 0.25) is 0 Å². The Morgan fingerprint density at radius 2 is 1.74 bits per heavy atom. The van der Waals surface area contributed by atoms with Crippen molar-refractivity contribution < 1.29 is 4.79 Å². The van der Waals surface area contributed by atoms with E-state index in [1.54, 1.807) is 0 Å². The molecule has 1 aliphatic rings. The molecule has 1 aliphatic heterocycles. The van der Waals surface area contributed by atoms with Crippen LogP contribution in [0.1, 0.15) is 33.1 Å². The molecular formula is C15H21BrN2O. The molecule has 0 bridgehead atoms. The summed E-state index contributed by atoms with van der Waals surface area (Å²) in [6.45, 7) is 5.95. The first-order valence-corrected chi connectivity index (χ1v) is 7.61. The maximum Gasteiger partial charge on any atom is 0.240 e. The summed E-state index contributed by atoms with van der Waals surface area (Å²) in [5, 5.41) is 2.91. The zero-order valence-corrected chi connectivity index (χ0v) is 13.2. The van der Waals surface area contributed by atoms with Gasteiger partial charge in [0.1, 0.15) is 0 Å². The first kappa shape index (κ1) is 14.4. The summed E-state index contributed by atoms with van der Waals surface area (Å²) in [5.41, 5.74) is 2.09. The first-order chi connectivity index (χ1) is 8.97. The number of anilines is 2. The van der Waals surface area contributed by atoms with E-state index in [9.17, 15) is 4.79 Å². The van der Waals surface area contributed by atoms with Gasteiger partial charge in [-0.05, 0) is 57.4 Å². The van der Waals surface area contributed by atoms with E-state index in [0.29, 0.717) is 0 Å². The van der Waals surface area contributed by atoms with Crippen LogP contribution in [0.4, 0.5) is 11.4 Å². The molecule has 1 aromatic rings. The van der Waals surface area contributed by atoms with Crippen molar-refractivity contribution in [3.8, 4) is 0 Å². The molecule has 3 nitrogen and oxygen atoms in total. The summed E-state index contributed by atoms with van der Waals surface area (Å²) in [6.07, 6.45) is 3.89. The number of hydrogen-bond donors (Lipinski definition) is 1. The highest BCUT2D eigenvalue weighted by atomic mass is 79.9. The molecule has 0 aromatic heterocycles. The summed E-state index contributed by atoms with van der Waals surface area (Å²) in [4.78, 5) is 14.3. The van der Waals surface area contributed by atoms with Crippen LogP contribution in [-0.2, 0) is 4.79 Å². The molecule has 0 atom stereocenters. The molecule has 104 valence electrons. The summed E-state index contributed by atoms with van der Waals surface area (Å²) in [6, 6.07) is 8.12. The van der Waals surface area contributed by atoms with Gasteiger partial charge in [0.25, 0.3) is 0 Å². The average molecular weight is 325 g/mol. The van der Waals surface area contributed by atoms with Crippen LogP contribution in [0.15, 0.2) is 24.3 Å². The number of nitrogens with one attached hydrogen (secondary N) is 1. The molecular weight excluding hydrogens is 304 g/mol. The lowest BCUT2D eigenvalue weighted by molar-refractivity contribution is -0.117. The van der Waals surface area contributed by atoms with Gasteiger partial charge in [0.05, 0.1) is 4.32 Å². The van der Waals surface area contributed by atoms with Crippen LogP contribution in [0.5, 0.6) is 0 Å². The van der Waals surface area contributed by atoms with E-state index in [4.69, 9.17) is 0 Å². The Morgan fingerprint density at radius 1 is 1.16 bits per heavy atom. The molecule has 1 amide bonds. The molecule has 19 heavy (non-hydrogen) atoms. The number of carbonyl (C=O) groups is 1. The summed E-state index contributed by atoms with van der Waals surface area (Å²) in [5.74, 6) is -0.0294. The van der Waals surface area contributed by atoms with Crippen molar-refractivity contribution in [3.05, 3.63) is 24.3 Å². The highest BCUT2D eigenvalue weighted by Gasteiger charge is 2.23. The van der Waals surface area contributed by atoms with Crippen LogP contribution in [0.3, 0.4) is 0 Å². The highest BCUT2D eigenvalue weighted by Crippen LogP contribution is 2.23. The number of halogens is 1. The Bertz CT molecular complexity index is 430. The average Bonchev–Trinajstić information content (AvgIpc) is 2.39. The zero-order chi connectivity index (χ0) is 13.9. The molecule has 1 heterocycles. The summed E-state index contributed by atoms with van der Waals surface area (Å²) >= 11 is 3.36. The number of rotatable bonds is 3. The molecule has 0 radical (unpaired) electrons. The monoisotopic (exact) mass is 324 g/mol. The van der Waals surface area contributed by atoms with Crippen molar-refractivity contribution in [2.45, 2.75) is 37.4 Å². The van der Waals surface area contributed by atoms with E-state index in [2.05, 4.69) is 38.3 Å². The number of nitrogens with zero attached hydrogens (tertiary/aromatic N) is 1. The van der Waals surface area contributed by atoms with E-state index >= 15 is 0 Å². The molecule has 0 spiro atoms. The van der Waals surface area contributed by atoms with E-state index < -0.39 is 4.32 Å². The van der Waals surface area contributed by atoms with Crippen molar-refractivity contribution >= 4 is 33.2 Å². The van der Waals surface area contributed by atoms with Crippen LogP contribution in [0.25, 0.3) is 0 Å². The number of hydrogen-bond acceptors (Lipinski definition) is 2. The Balaban J connectivity index is 2.00. The topological polar surface area (TPSA) is 32.3 Å². The summed E-state index contributed by atoms with van der Waals surface area (Å²) < 4.78 is -0.543. The third-order valence-corrected chi connectivity index (χ3v) is 3.75. The van der Waals surface area contributed by atoms with Crippen LogP contribution >= 0.6 is 15.9 Å². The molecule has 2 rings (SSSR count). The maximum absolute atomic E-state index is 11.9. The van der Waals surface area contributed by atoms with Gasteiger partial charge in [-0.25, -0.2) is 0 Å². The Hall–Kier alpha value is -1.03. The standard InChI is InChI=1S/C15H21BrN2O/c1-15(2,16)14(19)17-12-6-8-13(9-7-12)18-10-4-3-5-11-18/h6-9H,3-5,10-11H2,1-2H3,(H,17,19). The smallest absolute Gasteiger partial charge is 0.240 e. The fourth-order valence-corrected chi connectivity index (χ4v) is 2.29. The van der Waals surface area contributed by atoms with Gasteiger partial charge in [-0.3, -0.25) is 4.79 Å². The van der Waals surface area contributed by atoms with Crippen molar-refractivity contribution in [1.82, 2.24) is 0 Å². The van der Waals surface area contributed by atoms with Gasteiger partial charge >= 0.3 is 0 Å². The van der Waals surface area contributed by atoms with Crippen LogP contribution in [0, 0.1) is 0 Å². The molecule has 1 saturated heterocycles. The number of piperidine rings is 1. The first-order valence-electron chi connectivity index (χ1n) is 6.82. The van der Waals surface area contributed by atoms with Gasteiger partial charge < -0.3 is 10.2 Å². The number of carbonyl (C=O) groups excluding carboxylic acids is 1. The van der Waals surface area contributed by atoms with Crippen molar-refractivity contribution in [2.75, 3.05) is 23.3 Å². The minimum atomic E-state index is -0.543. The van der Waals surface area contributed by atoms with Gasteiger partial charge in [-0.1, -0.05) is 15.9 Å². The molecule has 0 unspecified atom stereocenters. The predicted octanol–water partition coefficient (Wildman–Crippen LogP) is 3.79. The second-order valence-corrected chi connectivity index (χ2v) is 7.50. The van der Waals surface area contributed by atoms with E-state index in [1.165, 1.54) is 24.9 Å². The van der Waals surface area contributed by atoms with Crippen LogP contribution in [-0.4, -0.2) is 23.3 Å². The lowest BCUT2D eigenvalue weighted by atomic mass is 10.1. The van der Waals surface area contributed by atoms with Crippen LogP contribution < -0.4 is 10.2 Å². The molecule has 4 heteroatoms. The third kappa shape index (κ3) is 3.96. The fraction of sp³-hybridized carbons (Fsp3) is 0.533. The Kier molecular flexibility index (Phi) is 4.50. The largest absolute Gasteiger partial charge is 0.372 e. The minimum Gasteiger partial charge on any atom is -0.372 e. The SMILES string of the molecule is CC(C)(Br)C(=O)Nc1ccc(N2CCCCC2)cc1. The molecule has 0 aliphatic carbocycles. The van der Waals surface area contributed by atoms with Gasteiger partial charge in [-0.15, -0.1) is 0 Å². The van der Waals surface area contributed by atoms with Gasteiger partial charge in [-0.2, -0.15) is 0 Å². The quantitative estimate of drug-likeness (QED) is 0.858.